The molecule has 2 unspecified atom stereocenters. The summed E-state index contributed by atoms with van der Waals surface area (Å²) in [5, 5.41) is 0. The lowest BCUT2D eigenvalue weighted by molar-refractivity contribution is -0.132. The van der Waals surface area contributed by atoms with Crippen LogP contribution in [0.5, 0.6) is 0 Å². The molecule has 1 aliphatic heterocycles. The summed E-state index contributed by atoms with van der Waals surface area (Å²) in [7, 11) is 0. The molecule has 3 rings (SSSR count). The van der Waals surface area contributed by atoms with Crippen molar-refractivity contribution < 1.29 is 9.59 Å². The molecule has 2 amide bonds. The highest BCUT2D eigenvalue weighted by molar-refractivity contribution is 7.80. The molecule has 1 saturated heterocycles. The van der Waals surface area contributed by atoms with E-state index in [0.29, 0.717) is 17.7 Å². The highest BCUT2D eigenvalue weighted by Gasteiger charge is 2.45. The van der Waals surface area contributed by atoms with E-state index in [9.17, 15) is 9.59 Å². The standard InChI is InChI=1S/C14H14N2O2S/c15-12(19)8-2-1-3-11(7-8)16-13(17)9-4-5-10(6-9)14(16)18/h1-3,7,9-10H,4-6H2,(H2,15,19). The number of nitrogens with zero attached hydrogens (tertiary/aromatic N) is 1. The Morgan fingerprint density at radius 3 is 2.42 bits per heavy atom. The minimum absolute atomic E-state index is 0.00353. The number of nitrogens with two attached hydrogens (primary N) is 1. The molecule has 2 fully saturated rings. The van der Waals surface area contributed by atoms with Gasteiger partial charge in [0, 0.05) is 17.4 Å². The minimum atomic E-state index is -0.0844. The zero-order chi connectivity index (χ0) is 13.6. The Labute approximate surface area is 116 Å². The lowest BCUT2D eigenvalue weighted by Crippen LogP contribution is -2.46. The Hall–Kier alpha value is -1.75. The first kappa shape index (κ1) is 12.3. The van der Waals surface area contributed by atoms with Crippen LogP contribution in [0.4, 0.5) is 5.69 Å². The molecule has 1 aromatic carbocycles. The van der Waals surface area contributed by atoms with Crippen molar-refractivity contribution >= 4 is 34.7 Å². The number of rotatable bonds is 2. The minimum Gasteiger partial charge on any atom is -0.389 e. The number of imide groups is 1. The van der Waals surface area contributed by atoms with E-state index in [0.717, 1.165) is 12.8 Å². The molecule has 0 spiro atoms. The molecule has 1 heterocycles. The molecular formula is C14H14N2O2S. The summed E-state index contributed by atoms with van der Waals surface area (Å²) in [6.07, 6.45) is 2.35. The monoisotopic (exact) mass is 274 g/mol. The number of hydrogen-bond acceptors (Lipinski definition) is 3. The normalized spacial score (nSPS) is 25.8. The van der Waals surface area contributed by atoms with Gasteiger partial charge in [-0.15, -0.1) is 0 Å². The Bertz CT molecular complexity index is 563. The van der Waals surface area contributed by atoms with Crippen LogP contribution in [0.25, 0.3) is 0 Å². The van der Waals surface area contributed by atoms with E-state index in [2.05, 4.69) is 0 Å². The van der Waals surface area contributed by atoms with E-state index >= 15 is 0 Å². The van der Waals surface area contributed by atoms with Gasteiger partial charge in [-0.2, -0.15) is 0 Å². The van der Waals surface area contributed by atoms with Gasteiger partial charge in [-0.3, -0.25) is 14.5 Å². The molecule has 1 aliphatic carbocycles. The van der Waals surface area contributed by atoms with Crippen LogP contribution in [-0.4, -0.2) is 16.8 Å². The number of thiocarbonyl (C=S) groups is 1. The van der Waals surface area contributed by atoms with Crippen molar-refractivity contribution in [2.75, 3.05) is 4.90 Å². The fraction of sp³-hybridized carbons (Fsp3) is 0.357. The van der Waals surface area contributed by atoms with Gasteiger partial charge in [0.25, 0.3) is 0 Å². The summed E-state index contributed by atoms with van der Waals surface area (Å²) in [5.74, 6) is -0.176. The van der Waals surface area contributed by atoms with E-state index in [1.165, 1.54) is 4.90 Å². The maximum Gasteiger partial charge on any atom is 0.236 e. The molecule has 0 aromatic heterocycles. The first-order valence-corrected chi connectivity index (χ1v) is 6.76. The van der Waals surface area contributed by atoms with Crippen LogP contribution in [0.15, 0.2) is 24.3 Å². The van der Waals surface area contributed by atoms with E-state index in [1.807, 2.05) is 0 Å². The smallest absolute Gasteiger partial charge is 0.236 e. The van der Waals surface area contributed by atoms with E-state index in [4.69, 9.17) is 18.0 Å². The lowest BCUT2D eigenvalue weighted by atomic mass is 9.96. The first-order valence-electron chi connectivity index (χ1n) is 6.35. The van der Waals surface area contributed by atoms with Gasteiger partial charge >= 0.3 is 0 Å². The molecular weight excluding hydrogens is 260 g/mol. The number of fused-ring (bicyclic) bond motifs is 2. The maximum atomic E-state index is 12.3. The topological polar surface area (TPSA) is 63.4 Å². The van der Waals surface area contributed by atoms with Crippen molar-refractivity contribution in [3.8, 4) is 0 Å². The van der Waals surface area contributed by atoms with Gasteiger partial charge in [-0.05, 0) is 31.4 Å². The maximum absolute atomic E-state index is 12.3. The molecule has 98 valence electrons. The molecule has 2 aliphatic rings. The van der Waals surface area contributed by atoms with E-state index < -0.39 is 0 Å². The Balaban J connectivity index is 2.01. The molecule has 19 heavy (non-hydrogen) atoms. The average Bonchev–Trinajstić information content (AvgIpc) is 2.84. The SMILES string of the molecule is NC(=S)c1cccc(N2C(=O)C3CCC(C3)C2=O)c1. The van der Waals surface area contributed by atoms with Gasteiger partial charge in [-0.25, -0.2) is 0 Å². The predicted octanol–water partition coefficient (Wildman–Crippen LogP) is 1.61. The number of carbonyl (C=O) groups excluding carboxylic acids is 2. The summed E-state index contributed by atoms with van der Waals surface area (Å²) in [5.41, 5.74) is 6.84. The van der Waals surface area contributed by atoms with Crippen molar-refractivity contribution in [2.45, 2.75) is 19.3 Å². The fourth-order valence-corrected chi connectivity index (χ4v) is 3.08. The summed E-state index contributed by atoms with van der Waals surface area (Å²) < 4.78 is 0. The summed E-state index contributed by atoms with van der Waals surface area (Å²) in [6, 6.07) is 7.01. The van der Waals surface area contributed by atoms with Gasteiger partial charge in [0.1, 0.15) is 4.99 Å². The highest BCUT2D eigenvalue weighted by atomic mass is 32.1. The van der Waals surface area contributed by atoms with Crippen LogP contribution in [0.1, 0.15) is 24.8 Å². The molecule has 5 heteroatoms. The second-order valence-corrected chi connectivity index (χ2v) is 5.57. The Morgan fingerprint density at radius 1 is 1.21 bits per heavy atom. The van der Waals surface area contributed by atoms with E-state index in [1.54, 1.807) is 24.3 Å². The largest absolute Gasteiger partial charge is 0.389 e. The molecule has 1 aromatic rings. The summed E-state index contributed by atoms with van der Waals surface area (Å²) in [6.45, 7) is 0. The molecule has 4 nitrogen and oxygen atoms in total. The second-order valence-electron chi connectivity index (χ2n) is 5.13. The number of hydrogen-bond donors (Lipinski definition) is 1. The zero-order valence-electron chi connectivity index (χ0n) is 10.3. The lowest BCUT2D eigenvalue weighted by Gasteiger charge is -2.29. The fourth-order valence-electron chi connectivity index (χ4n) is 2.96. The molecule has 2 N–H and O–H groups in total. The van der Waals surface area contributed by atoms with Gasteiger partial charge in [0.2, 0.25) is 11.8 Å². The highest BCUT2D eigenvalue weighted by Crippen LogP contribution is 2.40. The third-order valence-electron chi connectivity index (χ3n) is 3.96. The van der Waals surface area contributed by atoms with Crippen LogP contribution < -0.4 is 10.6 Å². The van der Waals surface area contributed by atoms with Crippen LogP contribution in [0.2, 0.25) is 0 Å². The van der Waals surface area contributed by atoms with Gasteiger partial charge in [0.15, 0.2) is 0 Å². The predicted molar refractivity (Wildman–Crippen MR) is 75.7 cm³/mol. The molecule has 2 bridgehead atoms. The molecule has 1 saturated carbocycles. The van der Waals surface area contributed by atoms with Crippen LogP contribution in [0.3, 0.4) is 0 Å². The zero-order valence-corrected chi connectivity index (χ0v) is 11.2. The number of benzene rings is 1. The van der Waals surface area contributed by atoms with Crippen molar-refractivity contribution in [2.24, 2.45) is 17.6 Å². The van der Waals surface area contributed by atoms with E-state index in [-0.39, 0.29) is 28.6 Å². The van der Waals surface area contributed by atoms with Crippen LogP contribution in [0, 0.1) is 11.8 Å². The second kappa shape index (κ2) is 4.42. The number of anilines is 1. The number of carbonyl (C=O) groups is 2. The third kappa shape index (κ3) is 1.94. The first-order chi connectivity index (χ1) is 9.08. The van der Waals surface area contributed by atoms with Gasteiger partial charge in [0.05, 0.1) is 5.69 Å². The summed E-state index contributed by atoms with van der Waals surface area (Å²) >= 11 is 4.93. The van der Waals surface area contributed by atoms with Crippen molar-refractivity contribution in [1.29, 1.82) is 0 Å². The van der Waals surface area contributed by atoms with Crippen LogP contribution in [-0.2, 0) is 9.59 Å². The van der Waals surface area contributed by atoms with Crippen LogP contribution >= 0.6 is 12.2 Å². The summed E-state index contributed by atoms with van der Waals surface area (Å²) in [4.78, 5) is 26.2. The number of piperidine rings is 1. The Kier molecular flexibility index (Phi) is 2.86. The quantitative estimate of drug-likeness (QED) is 0.657. The molecule has 0 radical (unpaired) electrons. The third-order valence-corrected chi connectivity index (χ3v) is 4.20. The average molecular weight is 274 g/mol. The number of amides is 2. The Morgan fingerprint density at radius 2 is 1.84 bits per heavy atom. The van der Waals surface area contributed by atoms with Crippen molar-refractivity contribution in [3.63, 3.8) is 0 Å². The van der Waals surface area contributed by atoms with Gasteiger partial charge in [-0.1, -0.05) is 24.4 Å². The van der Waals surface area contributed by atoms with Crippen molar-refractivity contribution in [3.05, 3.63) is 29.8 Å². The van der Waals surface area contributed by atoms with Crippen molar-refractivity contribution in [1.82, 2.24) is 0 Å². The van der Waals surface area contributed by atoms with Gasteiger partial charge < -0.3 is 5.73 Å². The molecule has 2 atom stereocenters.